The van der Waals surface area contributed by atoms with Gasteiger partial charge in [0.05, 0.1) is 5.69 Å². The van der Waals surface area contributed by atoms with Gasteiger partial charge in [0.2, 0.25) is 0 Å². The maximum Gasteiger partial charge on any atom is 0.267 e. The predicted octanol–water partition coefficient (Wildman–Crippen LogP) is 13.7. The number of nitrogens with zero attached hydrogens (tertiary/aromatic N) is 4. The first-order valence-corrected chi connectivity index (χ1v) is 22.0. The molecule has 3 aromatic heterocycles. The normalized spacial score (nSPS) is 12.4. The van der Waals surface area contributed by atoms with E-state index in [1.165, 1.54) is 27.8 Å². The molecule has 0 amide bonds. The van der Waals surface area contributed by atoms with Crippen LogP contribution in [0.1, 0.15) is 103 Å². The second-order valence-electron chi connectivity index (χ2n) is 19.9. The number of imidazole rings is 1. The Kier molecular flexibility index (Phi) is 11.7. The molecule has 0 saturated carbocycles. The molecule has 64 heavy (non-hydrogen) atoms. The summed E-state index contributed by atoms with van der Waals surface area (Å²) in [6.45, 7) is 22.5. The summed E-state index contributed by atoms with van der Waals surface area (Å²) >= 11 is 0. The van der Waals surface area contributed by atoms with Gasteiger partial charge in [0, 0.05) is 62.1 Å². The van der Waals surface area contributed by atoms with Crippen LogP contribution in [0.2, 0.25) is 0 Å². The smallest absolute Gasteiger partial charge is 0.267 e. The van der Waals surface area contributed by atoms with E-state index in [1.807, 2.05) is 33.8 Å². The Hall–Kier alpha value is -6.03. The Labute approximate surface area is 393 Å². The van der Waals surface area contributed by atoms with Gasteiger partial charge in [-0.1, -0.05) is 160 Å². The van der Waals surface area contributed by atoms with Crippen LogP contribution in [-0.4, -0.2) is 14.1 Å². The molecule has 326 valence electrons. The van der Waals surface area contributed by atoms with Gasteiger partial charge in [-0.2, -0.15) is 12.1 Å². The minimum atomic E-state index is -0.343. The summed E-state index contributed by atoms with van der Waals surface area (Å²) in [6, 6.07) is 57.0. The van der Waals surface area contributed by atoms with Crippen molar-refractivity contribution in [3.05, 3.63) is 210 Å². The predicted molar refractivity (Wildman–Crippen MR) is 257 cm³/mol. The third-order valence-electron chi connectivity index (χ3n) is 12.8. The summed E-state index contributed by atoms with van der Waals surface area (Å²) in [5, 5.41) is 2.22. The van der Waals surface area contributed by atoms with Gasteiger partial charge in [-0.25, -0.2) is 4.98 Å². The number of rotatable bonds is 9. The monoisotopic (exact) mass is 1020 g/mol. The number of hydrogen-bond donors (Lipinski definition) is 0. The molecule has 9 rings (SSSR count). The van der Waals surface area contributed by atoms with E-state index < -0.39 is 0 Å². The van der Waals surface area contributed by atoms with Gasteiger partial charge in [0.25, 0.3) is 6.33 Å². The van der Waals surface area contributed by atoms with Crippen molar-refractivity contribution in [1.82, 2.24) is 14.1 Å². The van der Waals surface area contributed by atoms with Crippen molar-refractivity contribution < 1.29 is 30.4 Å². The largest absolute Gasteiger partial charge is 0.510 e. The standard InChI is InChI=1S/C58H56N4O.Pt/c1-55(2,3)40-21-24-46(25-22-40)60-31-32-61(39-60)47-33-45(58(9,10)42-19-15-12-16-20-42)34-49(37-47)63-48-26-27-50-51-35-44(57(7,8)41-17-13-11-14-18-41)23-28-52(51)62(53(50)38-48)54-36-43(29-30-59-54)56(4,5)6;/h11-36H,1-10H3;/q-2;. The Bertz CT molecular complexity index is 3090. The van der Waals surface area contributed by atoms with Crippen LogP contribution in [0.15, 0.2) is 158 Å². The molecule has 0 unspecified atom stereocenters. The zero-order chi connectivity index (χ0) is 44.3. The number of fused-ring (bicyclic) bond motifs is 3. The van der Waals surface area contributed by atoms with Gasteiger partial charge in [-0.05, 0) is 85.5 Å². The number of aromatic nitrogens is 4. The van der Waals surface area contributed by atoms with E-state index in [1.54, 1.807) is 0 Å². The van der Waals surface area contributed by atoms with Crippen LogP contribution in [-0.2, 0) is 42.7 Å². The number of benzene rings is 6. The zero-order valence-corrected chi connectivity index (χ0v) is 40.8. The summed E-state index contributed by atoms with van der Waals surface area (Å²) in [5.74, 6) is 2.02. The molecular weight excluding hydrogens is 964 g/mol. The summed E-state index contributed by atoms with van der Waals surface area (Å²) in [6.07, 6.45) is 9.52. The van der Waals surface area contributed by atoms with Crippen LogP contribution in [0, 0.1) is 18.5 Å². The van der Waals surface area contributed by atoms with E-state index in [9.17, 15) is 0 Å². The first kappa shape index (κ1) is 44.6. The molecule has 0 aliphatic rings. The second kappa shape index (κ2) is 16.8. The molecule has 0 aliphatic carbocycles. The van der Waals surface area contributed by atoms with Gasteiger partial charge >= 0.3 is 0 Å². The molecule has 0 spiro atoms. The van der Waals surface area contributed by atoms with Gasteiger partial charge in [-0.15, -0.1) is 35.2 Å². The summed E-state index contributed by atoms with van der Waals surface area (Å²) < 4.78 is 13.1. The molecule has 5 nitrogen and oxygen atoms in total. The molecule has 6 aromatic carbocycles. The van der Waals surface area contributed by atoms with Gasteiger partial charge in [0.1, 0.15) is 5.82 Å². The van der Waals surface area contributed by atoms with Crippen LogP contribution < -0.4 is 9.30 Å². The quantitative estimate of drug-likeness (QED) is 0.107. The fourth-order valence-corrected chi connectivity index (χ4v) is 8.57. The zero-order valence-electron chi connectivity index (χ0n) is 38.5. The van der Waals surface area contributed by atoms with E-state index in [0.29, 0.717) is 11.5 Å². The third-order valence-corrected chi connectivity index (χ3v) is 12.8. The van der Waals surface area contributed by atoms with Crippen LogP contribution in [0.5, 0.6) is 11.5 Å². The molecule has 0 radical (unpaired) electrons. The topological polar surface area (TPSA) is 35.9 Å². The molecule has 0 aliphatic heterocycles. The maximum atomic E-state index is 6.88. The van der Waals surface area contributed by atoms with E-state index in [0.717, 1.165) is 44.6 Å². The minimum absolute atomic E-state index is 0. The fraction of sp³-hybridized carbons (Fsp3) is 0.241. The fourth-order valence-electron chi connectivity index (χ4n) is 8.57. The summed E-state index contributed by atoms with van der Waals surface area (Å²) in [7, 11) is 0. The molecule has 0 saturated heterocycles. The van der Waals surface area contributed by atoms with Gasteiger partial charge in [0.15, 0.2) is 0 Å². The Balaban J connectivity index is 0.00000560. The minimum Gasteiger partial charge on any atom is -0.510 e. The van der Waals surface area contributed by atoms with Crippen LogP contribution in [0.25, 0.3) is 39.0 Å². The van der Waals surface area contributed by atoms with Crippen LogP contribution in [0.3, 0.4) is 0 Å². The van der Waals surface area contributed by atoms with Gasteiger partial charge in [-0.3, -0.25) is 4.57 Å². The Morgan fingerprint density at radius 3 is 1.80 bits per heavy atom. The summed E-state index contributed by atoms with van der Waals surface area (Å²) in [5.41, 5.74) is 10.6. The van der Waals surface area contributed by atoms with Crippen LogP contribution in [0.4, 0.5) is 0 Å². The molecular formula is C58H56N4OPt-2. The van der Waals surface area contributed by atoms with Crippen molar-refractivity contribution in [3.8, 4) is 28.7 Å². The molecule has 0 fully saturated rings. The van der Waals surface area contributed by atoms with Crippen molar-refractivity contribution in [2.45, 2.75) is 90.9 Å². The SMILES string of the molecule is CC(C)(C)c1ccc(-[n+]2[c-]n(-c3[c-]c(Oc4[c-]c5c(cc4)c4cc(C(C)(C)c6ccccc6)ccc4n5-c4cc(C(C)(C)C)ccn4)cc(C(C)(C)c4ccccc4)c3)cc2)cc1.[Pt]. The van der Waals surface area contributed by atoms with Crippen molar-refractivity contribution in [2.75, 3.05) is 0 Å². The first-order valence-electron chi connectivity index (χ1n) is 22.0. The average Bonchev–Trinajstić information content (AvgIpc) is 3.90. The number of ether oxygens (including phenoxy) is 1. The summed E-state index contributed by atoms with van der Waals surface area (Å²) in [4.78, 5) is 4.97. The van der Waals surface area contributed by atoms with Crippen LogP contribution >= 0.6 is 0 Å². The van der Waals surface area contributed by atoms with Crippen molar-refractivity contribution in [3.63, 3.8) is 0 Å². The third kappa shape index (κ3) is 8.51. The molecule has 0 atom stereocenters. The average molecular weight is 1020 g/mol. The first-order chi connectivity index (χ1) is 30.0. The van der Waals surface area contributed by atoms with E-state index in [2.05, 4.69) is 226 Å². The number of pyridine rings is 1. The maximum absolute atomic E-state index is 6.88. The van der Waals surface area contributed by atoms with Crippen molar-refractivity contribution >= 4 is 21.8 Å². The second-order valence-corrected chi connectivity index (χ2v) is 19.9. The van der Waals surface area contributed by atoms with Gasteiger partial charge < -0.3 is 13.9 Å². The Morgan fingerprint density at radius 1 is 0.531 bits per heavy atom. The molecule has 0 N–H and O–H groups in total. The molecule has 0 bridgehead atoms. The van der Waals surface area contributed by atoms with E-state index in [-0.39, 0.29) is 42.7 Å². The molecule has 6 heteroatoms. The number of hydrogen-bond acceptors (Lipinski definition) is 2. The van der Waals surface area contributed by atoms with E-state index in [4.69, 9.17) is 9.72 Å². The Morgan fingerprint density at radius 2 is 1.16 bits per heavy atom. The van der Waals surface area contributed by atoms with Crippen molar-refractivity contribution in [1.29, 1.82) is 0 Å². The molecule has 9 aromatic rings. The van der Waals surface area contributed by atoms with Crippen molar-refractivity contribution in [2.24, 2.45) is 0 Å². The molecule has 3 heterocycles. The van der Waals surface area contributed by atoms with E-state index >= 15 is 0 Å².